The van der Waals surface area contributed by atoms with Gasteiger partial charge in [-0.1, -0.05) is 6.07 Å². The average molecular weight is 372 g/mol. The second-order valence-electron chi connectivity index (χ2n) is 5.23. The highest BCUT2D eigenvalue weighted by atomic mass is 32.1. The number of nitrogens with zero attached hydrogens (tertiary/aromatic N) is 1. The molecule has 0 saturated heterocycles. The number of esters is 1. The SMILES string of the molecule is Cc1nc(CC(=O)O[C@@H](C)C(=O)Nc2cccc(C(F)(F)F)c2)cs1. The van der Waals surface area contributed by atoms with E-state index in [9.17, 15) is 22.8 Å². The normalized spacial score (nSPS) is 12.5. The van der Waals surface area contributed by atoms with Gasteiger partial charge in [0.15, 0.2) is 6.10 Å². The zero-order valence-corrected chi connectivity index (χ0v) is 14.2. The topological polar surface area (TPSA) is 68.3 Å². The van der Waals surface area contributed by atoms with Gasteiger partial charge in [0.05, 0.1) is 22.7 Å². The number of thiazole rings is 1. The second-order valence-corrected chi connectivity index (χ2v) is 6.30. The van der Waals surface area contributed by atoms with E-state index in [4.69, 9.17) is 4.74 Å². The number of carbonyl (C=O) groups is 2. The van der Waals surface area contributed by atoms with Gasteiger partial charge >= 0.3 is 12.1 Å². The zero-order chi connectivity index (χ0) is 18.6. The van der Waals surface area contributed by atoms with Crippen LogP contribution >= 0.6 is 11.3 Å². The summed E-state index contributed by atoms with van der Waals surface area (Å²) in [4.78, 5) is 27.9. The molecule has 2 rings (SSSR count). The van der Waals surface area contributed by atoms with Crippen LogP contribution in [-0.2, 0) is 26.9 Å². The molecule has 0 aliphatic rings. The van der Waals surface area contributed by atoms with Crippen LogP contribution in [-0.4, -0.2) is 23.0 Å². The van der Waals surface area contributed by atoms with Crippen LogP contribution in [0.2, 0.25) is 0 Å². The minimum absolute atomic E-state index is 0.0298. The Hall–Kier alpha value is -2.42. The second kappa shape index (κ2) is 7.64. The van der Waals surface area contributed by atoms with Gasteiger partial charge in [-0.05, 0) is 32.0 Å². The summed E-state index contributed by atoms with van der Waals surface area (Å²) in [6.07, 6.45) is -5.74. The molecule has 2 aromatic rings. The number of amides is 1. The van der Waals surface area contributed by atoms with Crippen molar-refractivity contribution >= 4 is 28.9 Å². The van der Waals surface area contributed by atoms with E-state index < -0.39 is 29.7 Å². The van der Waals surface area contributed by atoms with E-state index in [-0.39, 0.29) is 12.1 Å². The molecule has 1 atom stereocenters. The number of rotatable bonds is 5. The van der Waals surface area contributed by atoms with Gasteiger partial charge in [0.2, 0.25) is 0 Å². The van der Waals surface area contributed by atoms with E-state index in [1.54, 1.807) is 12.3 Å². The standard InChI is InChI=1S/C16H15F3N2O3S/c1-9(24-14(22)7-13-8-25-10(2)20-13)15(23)21-12-5-3-4-11(6-12)16(17,18)19/h3-6,8-9H,7H2,1-2H3,(H,21,23)/t9-/m0/s1. The third-order valence-corrected chi connectivity index (χ3v) is 3.95. The van der Waals surface area contributed by atoms with Crippen molar-refractivity contribution in [2.45, 2.75) is 32.5 Å². The molecule has 1 amide bonds. The highest BCUT2D eigenvalue weighted by molar-refractivity contribution is 7.09. The van der Waals surface area contributed by atoms with Gasteiger partial charge < -0.3 is 10.1 Å². The maximum atomic E-state index is 12.7. The van der Waals surface area contributed by atoms with Crippen LogP contribution in [0.3, 0.4) is 0 Å². The van der Waals surface area contributed by atoms with Gasteiger partial charge in [0, 0.05) is 11.1 Å². The summed E-state index contributed by atoms with van der Waals surface area (Å²) in [7, 11) is 0. The maximum Gasteiger partial charge on any atom is 0.416 e. The van der Waals surface area contributed by atoms with E-state index in [0.29, 0.717) is 5.69 Å². The Bertz CT molecular complexity index is 774. The number of benzene rings is 1. The molecule has 0 saturated carbocycles. The Morgan fingerprint density at radius 2 is 2.08 bits per heavy atom. The summed E-state index contributed by atoms with van der Waals surface area (Å²) in [6, 6.07) is 4.21. The maximum absolute atomic E-state index is 12.7. The lowest BCUT2D eigenvalue weighted by Crippen LogP contribution is -2.30. The number of hydrogen-bond acceptors (Lipinski definition) is 5. The number of hydrogen-bond donors (Lipinski definition) is 1. The lowest BCUT2D eigenvalue weighted by Gasteiger charge is -2.14. The van der Waals surface area contributed by atoms with Crippen molar-refractivity contribution in [3.05, 3.63) is 45.9 Å². The van der Waals surface area contributed by atoms with Gasteiger partial charge in [-0.3, -0.25) is 9.59 Å². The molecular weight excluding hydrogens is 357 g/mol. The lowest BCUT2D eigenvalue weighted by molar-refractivity contribution is -0.152. The van der Waals surface area contributed by atoms with Crippen LogP contribution in [0.1, 0.15) is 23.2 Å². The molecule has 9 heteroatoms. The highest BCUT2D eigenvalue weighted by Crippen LogP contribution is 2.30. The summed E-state index contributed by atoms with van der Waals surface area (Å²) in [5, 5.41) is 4.81. The molecule has 1 N–H and O–H groups in total. The van der Waals surface area contributed by atoms with Crippen molar-refractivity contribution in [3.63, 3.8) is 0 Å². The summed E-state index contributed by atoms with van der Waals surface area (Å²) in [5.41, 5.74) is -0.371. The molecule has 0 fully saturated rings. The molecule has 1 aromatic carbocycles. The predicted molar refractivity (Wildman–Crippen MR) is 86.2 cm³/mol. The zero-order valence-electron chi connectivity index (χ0n) is 13.4. The monoisotopic (exact) mass is 372 g/mol. The summed E-state index contributed by atoms with van der Waals surface area (Å²) >= 11 is 1.39. The van der Waals surface area contributed by atoms with Crippen LogP contribution < -0.4 is 5.32 Å². The molecule has 25 heavy (non-hydrogen) atoms. The van der Waals surface area contributed by atoms with Crippen LogP contribution in [0.5, 0.6) is 0 Å². The molecule has 1 heterocycles. The molecule has 0 spiro atoms. The Kier molecular flexibility index (Phi) is 5.78. The Balaban J connectivity index is 1.93. The Morgan fingerprint density at radius 1 is 1.36 bits per heavy atom. The largest absolute Gasteiger partial charge is 0.452 e. The molecule has 5 nitrogen and oxygen atoms in total. The fourth-order valence-corrected chi connectivity index (χ4v) is 2.56. The first-order valence-corrected chi connectivity index (χ1v) is 8.11. The smallest absolute Gasteiger partial charge is 0.416 e. The van der Waals surface area contributed by atoms with Gasteiger partial charge in [-0.15, -0.1) is 11.3 Å². The van der Waals surface area contributed by atoms with E-state index in [1.807, 2.05) is 0 Å². The van der Waals surface area contributed by atoms with Gasteiger partial charge in [0.1, 0.15) is 0 Å². The number of carbonyl (C=O) groups excluding carboxylic acids is 2. The predicted octanol–water partition coefficient (Wildman–Crippen LogP) is 3.58. The van der Waals surface area contributed by atoms with Gasteiger partial charge in [-0.2, -0.15) is 13.2 Å². The first kappa shape index (κ1) is 18.9. The van der Waals surface area contributed by atoms with Crippen molar-refractivity contribution in [3.8, 4) is 0 Å². The molecule has 0 aliphatic carbocycles. The number of aryl methyl sites for hydroxylation is 1. The fourth-order valence-electron chi connectivity index (χ4n) is 1.95. The molecule has 0 aliphatic heterocycles. The minimum atomic E-state index is -4.51. The van der Waals surface area contributed by atoms with E-state index in [0.717, 1.165) is 17.1 Å². The van der Waals surface area contributed by atoms with E-state index in [2.05, 4.69) is 10.3 Å². The molecule has 1 aromatic heterocycles. The number of halogens is 3. The van der Waals surface area contributed by atoms with E-state index in [1.165, 1.54) is 30.4 Å². The number of ether oxygens (including phenoxy) is 1. The molecule has 0 radical (unpaired) electrons. The molecular formula is C16H15F3N2O3S. The van der Waals surface area contributed by atoms with Crippen molar-refractivity contribution in [2.24, 2.45) is 0 Å². The van der Waals surface area contributed by atoms with Gasteiger partial charge in [-0.25, -0.2) is 4.98 Å². The average Bonchev–Trinajstić information content (AvgIpc) is 2.91. The summed E-state index contributed by atoms with van der Waals surface area (Å²) in [5.74, 6) is -1.36. The van der Waals surface area contributed by atoms with Gasteiger partial charge in [0.25, 0.3) is 5.91 Å². The van der Waals surface area contributed by atoms with Crippen LogP contribution in [0, 0.1) is 6.92 Å². The summed E-state index contributed by atoms with van der Waals surface area (Å²) in [6.45, 7) is 3.14. The fraction of sp³-hybridized carbons (Fsp3) is 0.312. The molecule has 0 bridgehead atoms. The van der Waals surface area contributed by atoms with Crippen molar-refractivity contribution in [2.75, 3.05) is 5.32 Å². The number of aromatic nitrogens is 1. The lowest BCUT2D eigenvalue weighted by atomic mass is 10.2. The van der Waals surface area contributed by atoms with Crippen LogP contribution in [0.15, 0.2) is 29.6 Å². The first-order valence-electron chi connectivity index (χ1n) is 7.24. The third kappa shape index (κ3) is 5.56. The first-order chi connectivity index (χ1) is 11.6. The Labute approximate surface area is 145 Å². The number of anilines is 1. The van der Waals surface area contributed by atoms with Crippen LogP contribution in [0.25, 0.3) is 0 Å². The highest BCUT2D eigenvalue weighted by Gasteiger charge is 2.30. The summed E-state index contributed by atoms with van der Waals surface area (Å²) < 4.78 is 43.0. The Morgan fingerprint density at radius 3 is 2.68 bits per heavy atom. The molecule has 0 unspecified atom stereocenters. The van der Waals surface area contributed by atoms with Crippen molar-refractivity contribution < 1.29 is 27.5 Å². The van der Waals surface area contributed by atoms with Crippen LogP contribution in [0.4, 0.5) is 18.9 Å². The van der Waals surface area contributed by atoms with Crippen molar-refractivity contribution in [1.82, 2.24) is 4.98 Å². The number of alkyl halides is 3. The third-order valence-electron chi connectivity index (χ3n) is 3.13. The minimum Gasteiger partial charge on any atom is -0.452 e. The number of nitrogens with one attached hydrogen (secondary N) is 1. The molecule has 134 valence electrons. The quantitative estimate of drug-likeness (QED) is 0.815. The van der Waals surface area contributed by atoms with Crippen molar-refractivity contribution in [1.29, 1.82) is 0 Å². The van der Waals surface area contributed by atoms with E-state index >= 15 is 0 Å².